The van der Waals surface area contributed by atoms with Crippen molar-refractivity contribution in [2.45, 2.75) is 19.6 Å². The van der Waals surface area contributed by atoms with E-state index in [1.807, 2.05) is 12.1 Å². The quantitative estimate of drug-likeness (QED) is 0.241. The van der Waals surface area contributed by atoms with Crippen molar-refractivity contribution < 1.29 is 22.4 Å². The summed E-state index contributed by atoms with van der Waals surface area (Å²) in [6.45, 7) is 0.0450. The molecule has 6 rings (SSSR count). The molecule has 44 heavy (non-hydrogen) atoms. The first-order valence-corrected chi connectivity index (χ1v) is 13.1. The minimum Gasteiger partial charge on any atom is -0.473 e. The van der Waals surface area contributed by atoms with E-state index in [4.69, 9.17) is 14.5 Å². The molecule has 0 saturated carbocycles. The van der Waals surface area contributed by atoms with Gasteiger partial charge in [0.05, 0.1) is 29.9 Å². The van der Waals surface area contributed by atoms with Crippen LogP contribution in [-0.4, -0.2) is 29.9 Å². The highest BCUT2D eigenvalue weighted by Crippen LogP contribution is 2.28. The molecule has 0 saturated heterocycles. The van der Waals surface area contributed by atoms with Gasteiger partial charge in [0.15, 0.2) is 0 Å². The molecule has 0 aliphatic carbocycles. The molecule has 0 spiro atoms. The van der Waals surface area contributed by atoms with E-state index in [1.165, 1.54) is 30.3 Å². The van der Waals surface area contributed by atoms with E-state index in [-0.39, 0.29) is 65.0 Å². The third-order valence-corrected chi connectivity index (χ3v) is 6.68. The highest BCUT2D eigenvalue weighted by molar-refractivity contribution is 5.61. The first kappa shape index (κ1) is 28.1. The molecular formula is C31H20F3N7O3. The van der Waals surface area contributed by atoms with E-state index in [0.717, 1.165) is 23.8 Å². The van der Waals surface area contributed by atoms with Crippen molar-refractivity contribution in [2.75, 3.05) is 0 Å². The van der Waals surface area contributed by atoms with E-state index >= 15 is 8.78 Å². The summed E-state index contributed by atoms with van der Waals surface area (Å²) in [5, 5.41) is 19.4. The molecule has 0 aliphatic rings. The third kappa shape index (κ3) is 5.95. The lowest BCUT2D eigenvalue weighted by Crippen LogP contribution is -2.09. The number of hydrogen-bond acceptors (Lipinski definition) is 8. The Morgan fingerprint density at radius 2 is 1.82 bits per heavy atom. The van der Waals surface area contributed by atoms with Gasteiger partial charge in [-0.15, -0.1) is 10.2 Å². The molecular weight excluding hydrogens is 575 g/mol. The van der Waals surface area contributed by atoms with Crippen molar-refractivity contribution in [3.05, 3.63) is 135 Å². The highest BCUT2D eigenvalue weighted by atomic mass is 19.1. The number of ether oxygens (including phenoxy) is 1. The number of nitrogens with zero attached hydrogens (tertiary/aromatic N) is 6. The molecule has 0 unspecified atom stereocenters. The summed E-state index contributed by atoms with van der Waals surface area (Å²) in [5.74, 6) is -1.33. The van der Waals surface area contributed by atoms with Crippen molar-refractivity contribution in [1.82, 2.24) is 29.9 Å². The second-order valence-electron chi connectivity index (χ2n) is 9.63. The van der Waals surface area contributed by atoms with E-state index in [9.17, 15) is 9.18 Å². The standard InChI is InChI=1S/C31H20F3N7O3/c32-23-9-18(14-35)6-7-20(23)17-43-30-5-1-4-26(37-30)22-12-24(33)21(10-25(22)34)11-28-38-39-31(27-13-29(42)40-44-27)41(28)16-19-3-2-8-36-15-19/h1-10,12-13,15H,11,16-17H2,(H,40,42). The average molecular weight is 596 g/mol. The van der Waals surface area contributed by atoms with Crippen molar-refractivity contribution >= 4 is 0 Å². The minimum absolute atomic E-state index is 0.0110. The van der Waals surface area contributed by atoms with Gasteiger partial charge >= 0.3 is 0 Å². The Kier molecular flexibility index (Phi) is 7.71. The molecule has 0 bridgehead atoms. The van der Waals surface area contributed by atoms with Gasteiger partial charge in [0.2, 0.25) is 17.5 Å². The fraction of sp³-hybridized carbons (Fsp3) is 0.0968. The zero-order chi connectivity index (χ0) is 30.6. The maximum absolute atomic E-state index is 15.4. The molecule has 6 aromatic rings. The summed E-state index contributed by atoms with van der Waals surface area (Å²) >= 11 is 0. The van der Waals surface area contributed by atoms with Crippen LogP contribution < -0.4 is 10.3 Å². The Bertz CT molecular complexity index is 2070. The van der Waals surface area contributed by atoms with Gasteiger partial charge in [0, 0.05) is 36.0 Å². The summed E-state index contributed by atoms with van der Waals surface area (Å²) in [6, 6.07) is 17.3. The van der Waals surface area contributed by atoms with Gasteiger partial charge in [-0.2, -0.15) is 10.4 Å². The van der Waals surface area contributed by atoms with Crippen molar-refractivity contribution in [3.63, 3.8) is 0 Å². The Labute approximate surface area is 247 Å². The first-order chi connectivity index (χ1) is 21.4. The van der Waals surface area contributed by atoms with Crippen LogP contribution in [-0.2, 0) is 19.6 Å². The molecule has 0 amide bonds. The Morgan fingerprint density at radius 1 is 0.955 bits per heavy atom. The fourth-order valence-electron chi connectivity index (χ4n) is 4.50. The molecule has 4 aromatic heterocycles. The lowest BCUT2D eigenvalue weighted by Gasteiger charge is -2.12. The topological polar surface area (TPSA) is 136 Å². The SMILES string of the molecule is N#Cc1ccc(COc2cccc(-c3cc(F)c(Cc4nnc(-c5cc(=O)[nH]o5)n4Cc4cccnc4)cc3F)n2)c(F)c1. The molecule has 4 heterocycles. The van der Waals surface area contributed by atoms with Gasteiger partial charge in [-0.3, -0.25) is 9.78 Å². The minimum atomic E-state index is -0.737. The second-order valence-corrected chi connectivity index (χ2v) is 9.63. The van der Waals surface area contributed by atoms with Gasteiger partial charge in [-0.25, -0.2) is 18.2 Å². The molecule has 0 atom stereocenters. The molecule has 1 N–H and O–H groups in total. The van der Waals surface area contributed by atoms with E-state index in [2.05, 4.69) is 25.3 Å². The van der Waals surface area contributed by atoms with E-state index in [0.29, 0.717) is 5.82 Å². The zero-order valence-electron chi connectivity index (χ0n) is 22.7. The smallest absolute Gasteiger partial charge is 0.280 e. The van der Waals surface area contributed by atoms with Crippen LogP contribution in [0.4, 0.5) is 13.2 Å². The Morgan fingerprint density at radius 3 is 2.57 bits per heavy atom. The number of nitrogens with one attached hydrogen (secondary N) is 1. The van der Waals surface area contributed by atoms with E-state index < -0.39 is 23.0 Å². The molecule has 0 fully saturated rings. The van der Waals surface area contributed by atoms with Gasteiger partial charge in [-0.05, 0) is 47.5 Å². The molecule has 10 nitrogen and oxygen atoms in total. The van der Waals surface area contributed by atoms with Crippen LogP contribution in [0.3, 0.4) is 0 Å². The van der Waals surface area contributed by atoms with Crippen molar-refractivity contribution in [3.8, 4) is 34.8 Å². The molecule has 0 aliphatic heterocycles. The van der Waals surface area contributed by atoms with Crippen LogP contribution in [0.1, 0.15) is 28.1 Å². The number of aromatic amines is 1. The fourth-order valence-corrected chi connectivity index (χ4v) is 4.50. The average Bonchev–Trinajstić information content (AvgIpc) is 3.64. The van der Waals surface area contributed by atoms with Gasteiger partial charge in [0.1, 0.15) is 29.9 Å². The predicted octanol–water partition coefficient (Wildman–Crippen LogP) is 5.19. The summed E-state index contributed by atoms with van der Waals surface area (Å²) in [5.41, 5.74) is 0.710. The maximum atomic E-state index is 15.4. The largest absolute Gasteiger partial charge is 0.473 e. The lowest BCUT2D eigenvalue weighted by molar-refractivity contribution is 0.288. The van der Waals surface area contributed by atoms with Crippen LogP contribution in [0.2, 0.25) is 0 Å². The Hall–Kier alpha value is -6.03. The Balaban J connectivity index is 1.26. The molecule has 218 valence electrons. The van der Waals surface area contributed by atoms with Crippen LogP contribution in [0, 0.1) is 28.8 Å². The van der Waals surface area contributed by atoms with Gasteiger partial charge in [0.25, 0.3) is 5.56 Å². The molecule has 2 aromatic carbocycles. The number of hydrogen-bond donors (Lipinski definition) is 1. The van der Waals surface area contributed by atoms with Crippen LogP contribution in [0.15, 0.2) is 88.4 Å². The second kappa shape index (κ2) is 12.1. The summed E-state index contributed by atoms with van der Waals surface area (Å²) < 4.78 is 57.5. The summed E-state index contributed by atoms with van der Waals surface area (Å²) in [7, 11) is 0. The molecule has 0 radical (unpaired) electrons. The van der Waals surface area contributed by atoms with Crippen LogP contribution in [0.5, 0.6) is 5.88 Å². The van der Waals surface area contributed by atoms with Crippen LogP contribution in [0.25, 0.3) is 22.8 Å². The van der Waals surface area contributed by atoms with E-state index in [1.54, 1.807) is 29.1 Å². The number of pyridine rings is 2. The maximum Gasteiger partial charge on any atom is 0.280 e. The monoisotopic (exact) mass is 595 g/mol. The number of H-pyrrole nitrogens is 1. The number of halogens is 3. The third-order valence-electron chi connectivity index (χ3n) is 6.68. The lowest BCUT2D eigenvalue weighted by atomic mass is 10.0. The highest BCUT2D eigenvalue weighted by Gasteiger charge is 2.21. The normalized spacial score (nSPS) is 11.0. The van der Waals surface area contributed by atoms with Gasteiger partial charge < -0.3 is 13.8 Å². The van der Waals surface area contributed by atoms with Crippen molar-refractivity contribution in [2.24, 2.45) is 0 Å². The van der Waals surface area contributed by atoms with Gasteiger partial charge in [-0.1, -0.05) is 18.2 Å². The van der Waals surface area contributed by atoms with Crippen molar-refractivity contribution in [1.29, 1.82) is 5.26 Å². The first-order valence-electron chi connectivity index (χ1n) is 13.1. The number of nitriles is 1. The van der Waals surface area contributed by atoms with Crippen LogP contribution >= 0.6 is 0 Å². The summed E-state index contributed by atoms with van der Waals surface area (Å²) in [6.07, 6.45) is 3.13. The number of aromatic nitrogens is 6. The number of benzene rings is 2. The predicted molar refractivity (Wildman–Crippen MR) is 150 cm³/mol. The zero-order valence-corrected chi connectivity index (χ0v) is 22.7. The molecule has 13 heteroatoms. The number of rotatable bonds is 9. The summed E-state index contributed by atoms with van der Waals surface area (Å²) in [4.78, 5) is 20.0.